The molecule has 2 aromatic rings. The molecule has 2 fully saturated rings. The van der Waals surface area contributed by atoms with Crippen molar-refractivity contribution < 1.29 is 14.3 Å². The Balaban J connectivity index is 1.44. The number of amides is 1. The van der Waals surface area contributed by atoms with E-state index in [1.54, 1.807) is 9.58 Å². The topological polar surface area (TPSA) is 106 Å². The standard InChI is InChI=1S/C24H31N5O3/c1-15(2)31-18-8-6-16(7-9-18)20-19(12-25)21(26)29(27-20)17-10-24(11-17)13-28(14-24)22(30)32-23(3,4)5/h6-9,15,17H,10-11,13-14,26H2,1-5H3. The van der Waals surface area contributed by atoms with Crippen molar-refractivity contribution in [3.63, 3.8) is 0 Å². The summed E-state index contributed by atoms with van der Waals surface area (Å²) in [6, 6.07) is 9.90. The van der Waals surface area contributed by atoms with E-state index < -0.39 is 5.60 Å². The Labute approximate surface area is 188 Å². The summed E-state index contributed by atoms with van der Waals surface area (Å²) >= 11 is 0. The van der Waals surface area contributed by atoms with Crippen molar-refractivity contribution in [3.8, 4) is 23.1 Å². The summed E-state index contributed by atoms with van der Waals surface area (Å²) in [5, 5.41) is 14.4. The van der Waals surface area contributed by atoms with Gasteiger partial charge >= 0.3 is 6.09 Å². The van der Waals surface area contributed by atoms with Crippen LogP contribution in [0.1, 0.15) is 59.1 Å². The van der Waals surface area contributed by atoms with Crippen LogP contribution in [0.25, 0.3) is 11.3 Å². The van der Waals surface area contributed by atoms with Gasteiger partial charge in [-0.05, 0) is 71.7 Å². The smallest absolute Gasteiger partial charge is 0.410 e. The van der Waals surface area contributed by atoms with Crippen LogP contribution in [0.2, 0.25) is 0 Å². The lowest BCUT2D eigenvalue weighted by molar-refractivity contribution is -0.0923. The first kappa shape index (κ1) is 22.0. The molecule has 2 heterocycles. The van der Waals surface area contributed by atoms with E-state index in [0.717, 1.165) is 24.2 Å². The largest absolute Gasteiger partial charge is 0.491 e. The first-order chi connectivity index (χ1) is 15.0. The van der Waals surface area contributed by atoms with Gasteiger partial charge in [0.05, 0.1) is 12.1 Å². The average molecular weight is 438 g/mol. The normalized spacial score (nSPS) is 17.6. The highest BCUT2D eigenvalue weighted by atomic mass is 16.6. The number of hydrogen-bond acceptors (Lipinski definition) is 6. The molecule has 2 aliphatic rings. The predicted octanol–water partition coefficient (Wildman–Crippen LogP) is 4.36. The van der Waals surface area contributed by atoms with Gasteiger partial charge in [-0.1, -0.05) is 0 Å². The van der Waals surface area contributed by atoms with Crippen LogP contribution in [-0.4, -0.2) is 45.6 Å². The molecule has 1 amide bonds. The van der Waals surface area contributed by atoms with Gasteiger partial charge in [0.15, 0.2) is 0 Å². The molecular weight excluding hydrogens is 406 g/mol. The van der Waals surface area contributed by atoms with Gasteiger partial charge < -0.3 is 20.1 Å². The zero-order chi connectivity index (χ0) is 23.3. The monoisotopic (exact) mass is 437 g/mol. The van der Waals surface area contributed by atoms with E-state index in [-0.39, 0.29) is 23.7 Å². The van der Waals surface area contributed by atoms with Gasteiger partial charge in [-0.3, -0.25) is 0 Å². The van der Waals surface area contributed by atoms with Crippen LogP contribution in [0, 0.1) is 16.7 Å². The number of anilines is 1. The van der Waals surface area contributed by atoms with Crippen LogP contribution in [0.3, 0.4) is 0 Å². The summed E-state index contributed by atoms with van der Waals surface area (Å²) in [6.45, 7) is 10.9. The Kier molecular flexibility index (Phi) is 5.32. The van der Waals surface area contributed by atoms with E-state index in [1.165, 1.54) is 0 Å². The second-order valence-electron chi connectivity index (χ2n) is 10.3. The number of rotatable bonds is 4. The Morgan fingerprint density at radius 1 is 1.25 bits per heavy atom. The van der Waals surface area contributed by atoms with Gasteiger partial charge in [0.25, 0.3) is 0 Å². The van der Waals surface area contributed by atoms with Crippen molar-refractivity contribution in [2.45, 2.75) is 65.2 Å². The van der Waals surface area contributed by atoms with E-state index >= 15 is 0 Å². The summed E-state index contributed by atoms with van der Waals surface area (Å²) in [5.74, 6) is 1.17. The van der Waals surface area contributed by atoms with Crippen molar-refractivity contribution >= 4 is 11.9 Å². The minimum atomic E-state index is -0.491. The summed E-state index contributed by atoms with van der Waals surface area (Å²) in [6.07, 6.45) is 1.59. The SMILES string of the molecule is CC(C)Oc1ccc(-c2nn(C3CC4(C3)CN(C(=O)OC(C)(C)C)C4)c(N)c2C#N)cc1. The number of aromatic nitrogens is 2. The summed E-state index contributed by atoms with van der Waals surface area (Å²) in [4.78, 5) is 14.0. The van der Waals surface area contributed by atoms with E-state index in [0.29, 0.717) is 30.2 Å². The van der Waals surface area contributed by atoms with Crippen molar-refractivity contribution in [1.29, 1.82) is 5.26 Å². The molecule has 1 spiro atoms. The maximum Gasteiger partial charge on any atom is 0.410 e. The third-order valence-corrected chi connectivity index (χ3v) is 5.95. The minimum Gasteiger partial charge on any atom is -0.491 e. The number of nitrogen functional groups attached to an aromatic ring is 1. The molecule has 0 atom stereocenters. The van der Waals surface area contributed by atoms with Gasteiger partial charge in [0.1, 0.15) is 34.5 Å². The maximum atomic E-state index is 12.2. The molecule has 0 radical (unpaired) electrons. The maximum absolute atomic E-state index is 12.2. The Hall–Kier alpha value is -3.21. The molecule has 0 unspecified atom stereocenters. The van der Waals surface area contributed by atoms with Crippen LogP contribution >= 0.6 is 0 Å². The fourth-order valence-electron chi connectivity index (χ4n) is 4.59. The van der Waals surface area contributed by atoms with Gasteiger partial charge in [0, 0.05) is 24.1 Å². The number of nitrogens with two attached hydrogens (primary N) is 1. The summed E-state index contributed by atoms with van der Waals surface area (Å²) in [5.41, 5.74) is 7.74. The average Bonchev–Trinajstić information content (AvgIpc) is 2.94. The minimum absolute atomic E-state index is 0.0917. The third-order valence-electron chi connectivity index (χ3n) is 5.95. The number of carbonyl (C=O) groups excluding carboxylic acids is 1. The third kappa shape index (κ3) is 4.12. The van der Waals surface area contributed by atoms with Crippen LogP contribution in [0.5, 0.6) is 5.75 Å². The van der Waals surface area contributed by atoms with E-state index in [9.17, 15) is 10.1 Å². The lowest BCUT2D eigenvalue weighted by Crippen LogP contribution is -2.64. The molecule has 1 saturated heterocycles. The molecule has 4 rings (SSSR count). The lowest BCUT2D eigenvalue weighted by atomic mass is 9.61. The molecule has 1 saturated carbocycles. The highest BCUT2D eigenvalue weighted by Crippen LogP contribution is 2.55. The fraction of sp³-hybridized carbons (Fsp3) is 0.542. The molecule has 1 aromatic heterocycles. The van der Waals surface area contributed by atoms with Crippen LogP contribution < -0.4 is 10.5 Å². The number of hydrogen-bond donors (Lipinski definition) is 1. The second kappa shape index (κ2) is 7.73. The van der Waals surface area contributed by atoms with Crippen molar-refractivity contribution in [2.24, 2.45) is 5.41 Å². The zero-order valence-electron chi connectivity index (χ0n) is 19.4. The molecule has 1 aliphatic carbocycles. The van der Waals surface area contributed by atoms with Crippen LogP contribution in [0.15, 0.2) is 24.3 Å². The number of carbonyl (C=O) groups is 1. The van der Waals surface area contributed by atoms with Crippen LogP contribution in [0.4, 0.5) is 10.6 Å². The van der Waals surface area contributed by atoms with E-state index in [4.69, 9.17) is 20.3 Å². The highest BCUT2D eigenvalue weighted by Gasteiger charge is 2.55. The van der Waals surface area contributed by atoms with Crippen molar-refractivity contribution in [2.75, 3.05) is 18.8 Å². The van der Waals surface area contributed by atoms with Gasteiger partial charge in [0.2, 0.25) is 0 Å². The highest BCUT2D eigenvalue weighted by molar-refractivity contribution is 5.73. The molecule has 1 aliphatic heterocycles. The Bertz CT molecular complexity index is 1050. The zero-order valence-corrected chi connectivity index (χ0v) is 19.4. The van der Waals surface area contributed by atoms with E-state index in [2.05, 4.69) is 6.07 Å². The summed E-state index contributed by atoms with van der Waals surface area (Å²) < 4.78 is 12.9. The summed E-state index contributed by atoms with van der Waals surface area (Å²) in [7, 11) is 0. The molecule has 8 heteroatoms. The lowest BCUT2D eigenvalue weighted by Gasteiger charge is -2.58. The number of nitrogens with zero attached hydrogens (tertiary/aromatic N) is 4. The Morgan fingerprint density at radius 3 is 2.41 bits per heavy atom. The predicted molar refractivity (Wildman–Crippen MR) is 121 cm³/mol. The molecular formula is C24H31N5O3. The number of ether oxygens (including phenoxy) is 2. The molecule has 32 heavy (non-hydrogen) atoms. The number of nitriles is 1. The second-order valence-corrected chi connectivity index (χ2v) is 10.3. The first-order valence-electron chi connectivity index (χ1n) is 11.0. The first-order valence-corrected chi connectivity index (χ1v) is 11.0. The molecule has 2 N–H and O–H groups in total. The van der Waals surface area contributed by atoms with Crippen molar-refractivity contribution in [1.82, 2.24) is 14.7 Å². The Morgan fingerprint density at radius 2 is 1.88 bits per heavy atom. The van der Waals surface area contributed by atoms with Crippen LogP contribution in [-0.2, 0) is 4.74 Å². The number of likely N-dealkylation sites (tertiary alicyclic amines) is 1. The molecule has 1 aromatic carbocycles. The molecule has 8 nitrogen and oxygen atoms in total. The molecule has 0 bridgehead atoms. The quantitative estimate of drug-likeness (QED) is 0.761. The fourth-order valence-corrected chi connectivity index (χ4v) is 4.59. The number of benzene rings is 1. The van der Waals surface area contributed by atoms with E-state index in [1.807, 2.05) is 58.9 Å². The van der Waals surface area contributed by atoms with Gasteiger partial charge in [-0.2, -0.15) is 10.4 Å². The van der Waals surface area contributed by atoms with Crippen molar-refractivity contribution in [3.05, 3.63) is 29.8 Å². The van der Waals surface area contributed by atoms with Gasteiger partial charge in [-0.15, -0.1) is 0 Å². The molecule has 170 valence electrons. The van der Waals surface area contributed by atoms with Gasteiger partial charge in [-0.25, -0.2) is 9.48 Å².